The lowest BCUT2D eigenvalue weighted by Gasteiger charge is -2.43. The Kier molecular flexibility index (Phi) is 10.4. The number of likely N-dealkylation sites (tertiary alicyclic amines) is 1. The van der Waals surface area contributed by atoms with Crippen molar-refractivity contribution in [2.45, 2.75) is 76.2 Å². The highest BCUT2D eigenvalue weighted by Crippen LogP contribution is 2.28. The summed E-state index contributed by atoms with van der Waals surface area (Å²) < 4.78 is 10.8. The zero-order valence-electron chi connectivity index (χ0n) is 23.6. The average molecular weight is 537 g/mol. The van der Waals surface area contributed by atoms with Crippen LogP contribution >= 0.6 is 0 Å². The quantitative estimate of drug-likeness (QED) is 0.482. The summed E-state index contributed by atoms with van der Waals surface area (Å²) >= 11 is 0. The molecular formula is C31H44N4O4. The van der Waals surface area contributed by atoms with Gasteiger partial charge in [0.15, 0.2) is 0 Å². The van der Waals surface area contributed by atoms with Crippen LogP contribution in [0.2, 0.25) is 0 Å². The van der Waals surface area contributed by atoms with Crippen molar-refractivity contribution in [1.82, 2.24) is 15.1 Å². The smallest absolute Gasteiger partial charge is 0.254 e. The van der Waals surface area contributed by atoms with Crippen LogP contribution in [0.1, 0.15) is 60.0 Å². The molecule has 212 valence electrons. The van der Waals surface area contributed by atoms with Crippen molar-refractivity contribution in [1.29, 1.82) is 0 Å². The van der Waals surface area contributed by atoms with Crippen LogP contribution in [0.5, 0.6) is 5.75 Å². The molecule has 2 fully saturated rings. The Bertz CT molecular complexity index is 1100. The zero-order chi connectivity index (χ0) is 27.8. The Morgan fingerprint density at radius 1 is 1.05 bits per heavy atom. The van der Waals surface area contributed by atoms with Gasteiger partial charge in [0.25, 0.3) is 5.91 Å². The maximum absolute atomic E-state index is 13.8. The lowest BCUT2D eigenvalue weighted by atomic mass is 9.90. The number of carbonyl (C=O) groups excluding carboxylic acids is 2. The zero-order valence-corrected chi connectivity index (χ0v) is 23.6. The molecule has 2 aromatic carbocycles. The molecular weight excluding hydrogens is 492 g/mol. The maximum Gasteiger partial charge on any atom is 0.254 e. The highest BCUT2D eigenvalue weighted by molar-refractivity contribution is 5.98. The Morgan fingerprint density at radius 3 is 2.54 bits per heavy atom. The molecule has 1 aliphatic heterocycles. The van der Waals surface area contributed by atoms with Gasteiger partial charge in [-0.15, -0.1) is 0 Å². The van der Waals surface area contributed by atoms with E-state index in [0.717, 1.165) is 45.2 Å². The van der Waals surface area contributed by atoms with Crippen LogP contribution in [0, 0.1) is 6.92 Å². The number of methoxy groups -OCH3 is 2. The van der Waals surface area contributed by atoms with E-state index in [0.29, 0.717) is 30.9 Å². The van der Waals surface area contributed by atoms with E-state index >= 15 is 0 Å². The number of hydrogen-bond acceptors (Lipinski definition) is 6. The number of nitrogens with two attached hydrogens (primary N) is 1. The van der Waals surface area contributed by atoms with E-state index in [1.807, 2.05) is 12.1 Å². The molecule has 2 atom stereocenters. The van der Waals surface area contributed by atoms with Crippen molar-refractivity contribution in [2.24, 2.45) is 5.73 Å². The molecule has 3 N–H and O–H groups in total. The van der Waals surface area contributed by atoms with E-state index in [1.54, 1.807) is 31.3 Å². The van der Waals surface area contributed by atoms with Crippen LogP contribution in [0.3, 0.4) is 0 Å². The molecule has 2 aliphatic rings. The fourth-order valence-electron chi connectivity index (χ4n) is 5.86. The van der Waals surface area contributed by atoms with Crippen molar-refractivity contribution >= 4 is 11.8 Å². The Hall–Kier alpha value is -2.94. The second kappa shape index (κ2) is 13.9. The van der Waals surface area contributed by atoms with Gasteiger partial charge in [-0.1, -0.05) is 30.3 Å². The number of hydrogen-bond donors (Lipinski definition) is 2. The van der Waals surface area contributed by atoms with Gasteiger partial charge < -0.3 is 25.4 Å². The van der Waals surface area contributed by atoms with Crippen molar-refractivity contribution < 1.29 is 19.1 Å². The van der Waals surface area contributed by atoms with Crippen LogP contribution in [0.4, 0.5) is 0 Å². The average Bonchev–Trinajstić information content (AvgIpc) is 2.96. The second-order valence-electron chi connectivity index (χ2n) is 10.9. The van der Waals surface area contributed by atoms with Crippen LogP contribution in [0.15, 0.2) is 48.5 Å². The first kappa shape index (κ1) is 29.1. The number of nitrogens with one attached hydrogen (secondary N) is 1. The highest BCUT2D eigenvalue weighted by Gasteiger charge is 2.39. The Morgan fingerprint density at radius 2 is 1.82 bits per heavy atom. The molecule has 2 aromatic rings. The van der Waals surface area contributed by atoms with E-state index in [9.17, 15) is 9.59 Å². The lowest BCUT2D eigenvalue weighted by molar-refractivity contribution is -0.128. The minimum absolute atomic E-state index is 0.0704. The van der Waals surface area contributed by atoms with E-state index in [4.69, 9.17) is 15.2 Å². The molecule has 1 saturated carbocycles. The Labute approximate surface area is 232 Å². The normalized spacial score (nSPS) is 23.5. The predicted octanol–water partition coefficient (Wildman–Crippen LogP) is 3.51. The van der Waals surface area contributed by atoms with Gasteiger partial charge in [-0.2, -0.15) is 0 Å². The summed E-state index contributed by atoms with van der Waals surface area (Å²) in [6.07, 6.45) is 4.93. The van der Waals surface area contributed by atoms with E-state index < -0.39 is 6.04 Å². The lowest BCUT2D eigenvalue weighted by Crippen LogP contribution is -2.58. The Balaban J connectivity index is 1.56. The maximum atomic E-state index is 13.8. The molecule has 1 unspecified atom stereocenters. The van der Waals surface area contributed by atoms with Crippen LogP contribution in [-0.2, 0) is 16.1 Å². The first-order chi connectivity index (χ1) is 18.9. The third-order valence-electron chi connectivity index (χ3n) is 8.31. The minimum Gasteiger partial charge on any atom is -0.497 e. The predicted molar refractivity (Wildman–Crippen MR) is 153 cm³/mol. The second-order valence-corrected chi connectivity index (χ2v) is 10.9. The summed E-state index contributed by atoms with van der Waals surface area (Å²) in [7, 11) is 3.30. The molecule has 2 amide bonds. The number of ether oxygens (including phenoxy) is 2. The number of carbonyl (C=O) groups is 2. The molecule has 1 heterocycles. The SMILES string of the molecule is COCCN(Cc1ccccc1C)C1CCN(C(=O)c2cccc(OC)c2)[C@@H](C(=O)NC2CCC(N)CC2)C1. The molecule has 0 spiro atoms. The van der Waals surface area contributed by atoms with Crippen LogP contribution < -0.4 is 15.8 Å². The summed E-state index contributed by atoms with van der Waals surface area (Å²) in [5, 5.41) is 3.27. The van der Waals surface area contributed by atoms with Crippen molar-refractivity contribution in [3.8, 4) is 5.75 Å². The molecule has 0 bridgehead atoms. The molecule has 8 nitrogen and oxygen atoms in total. The van der Waals surface area contributed by atoms with Crippen molar-refractivity contribution in [3.05, 3.63) is 65.2 Å². The van der Waals surface area contributed by atoms with Crippen LogP contribution in [-0.4, -0.2) is 79.7 Å². The number of benzene rings is 2. The minimum atomic E-state index is -0.556. The van der Waals surface area contributed by atoms with Gasteiger partial charge in [0.1, 0.15) is 11.8 Å². The molecule has 39 heavy (non-hydrogen) atoms. The number of nitrogens with zero attached hydrogens (tertiary/aromatic N) is 2. The number of amides is 2. The van der Waals surface area contributed by atoms with Gasteiger partial charge in [0.2, 0.25) is 5.91 Å². The summed E-state index contributed by atoms with van der Waals surface area (Å²) in [6.45, 7) is 4.78. The third kappa shape index (κ3) is 7.59. The third-order valence-corrected chi connectivity index (χ3v) is 8.31. The van der Waals surface area contributed by atoms with E-state index in [-0.39, 0.29) is 29.9 Å². The van der Waals surface area contributed by atoms with Gasteiger partial charge in [-0.25, -0.2) is 0 Å². The van der Waals surface area contributed by atoms with Gasteiger partial charge in [0.05, 0.1) is 13.7 Å². The largest absolute Gasteiger partial charge is 0.497 e. The summed E-state index contributed by atoms with van der Waals surface area (Å²) in [5.41, 5.74) is 9.14. The molecule has 0 radical (unpaired) electrons. The van der Waals surface area contributed by atoms with Crippen LogP contribution in [0.25, 0.3) is 0 Å². The van der Waals surface area contributed by atoms with Gasteiger partial charge in [0, 0.05) is 50.4 Å². The standard InChI is InChI=1S/C31H44N4O4/c1-22-7-4-5-8-24(22)21-34(17-18-38-2)27-15-16-35(31(37)23-9-6-10-28(19-23)39-3)29(20-27)30(36)33-26-13-11-25(32)12-14-26/h4-10,19,25-27,29H,11-18,20-21,32H2,1-3H3,(H,33,36)/t25?,26?,27?,29-/m1/s1. The molecule has 1 aliphatic carbocycles. The van der Waals surface area contributed by atoms with Gasteiger partial charge in [-0.05, 0) is 74.8 Å². The summed E-state index contributed by atoms with van der Waals surface area (Å²) in [6, 6.07) is 15.5. The first-order valence-electron chi connectivity index (χ1n) is 14.2. The van der Waals surface area contributed by atoms with Gasteiger partial charge in [-0.3, -0.25) is 14.5 Å². The van der Waals surface area contributed by atoms with Gasteiger partial charge >= 0.3 is 0 Å². The van der Waals surface area contributed by atoms with E-state index in [2.05, 4.69) is 41.4 Å². The summed E-state index contributed by atoms with van der Waals surface area (Å²) in [5.74, 6) is 0.416. The first-order valence-corrected chi connectivity index (χ1v) is 14.2. The number of aryl methyl sites for hydroxylation is 1. The van der Waals surface area contributed by atoms with Crippen molar-refractivity contribution in [3.63, 3.8) is 0 Å². The van der Waals surface area contributed by atoms with Crippen molar-refractivity contribution in [2.75, 3.05) is 33.9 Å². The summed E-state index contributed by atoms with van der Waals surface area (Å²) in [4.78, 5) is 31.7. The topological polar surface area (TPSA) is 97.1 Å². The molecule has 8 heteroatoms. The molecule has 4 rings (SSSR count). The fraction of sp³-hybridized carbons (Fsp3) is 0.548. The number of rotatable bonds is 10. The highest BCUT2D eigenvalue weighted by atomic mass is 16.5. The fourth-order valence-corrected chi connectivity index (χ4v) is 5.86. The number of piperidine rings is 1. The molecule has 1 saturated heterocycles. The van der Waals surface area contributed by atoms with E-state index in [1.165, 1.54) is 11.1 Å². The monoisotopic (exact) mass is 536 g/mol. The molecule has 0 aromatic heterocycles.